The molecule has 9 nitrogen and oxygen atoms in total. The van der Waals surface area contributed by atoms with Crippen LogP contribution < -0.4 is 21.3 Å². The number of anilines is 3. The van der Waals surface area contributed by atoms with Crippen LogP contribution in [0.15, 0.2) is 120 Å². The summed E-state index contributed by atoms with van der Waals surface area (Å²) in [5, 5.41) is 7.51. The molecule has 0 radical (unpaired) electrons. The first-order chi connectivity index (χ1) is 20.7. The maximum absolute atomic E-state index is 13.5. The van der Waals surface area contributed by atoms with E-state index in [9.17, 15) is 13.2 Å². The zero-order valence-corrected chi connectivity index (χ0v) is 24.7. The molecule has 1 aliphatic heterocycles. The summed E-state index contributed by atoms with van der Waals surface area (Å²) < 4.78 is 28.6. The average molecular weight is 595 g/mol. The summed E-state index contributed by atoms with van der Waals surface area (Å²) in [6, 6.07) is 28.0. The van der Waals surface area contributed by atoms with Crippen LogP contribution in [0.2, 0.25) is 0 Å². The van der Waals surface area contributed by atoms with Gasteiger partial charge in [0, 0.05) is 61.1 Å². The third-order valence-electron chi connectivity index (χ3n) is 7.13. The molecule has 0 atom stereocenters. The number of carbonyl (C=O) groups is 1. The van der Waals surface area contributed by atoms with E-state index in [1.807, 2.05) is 66.7 Å². The number of guanidine groups is 1. The predicted molar refractivity (Wildman–Crippen MR) is 176 cm³/mol. The SMILES string of the molecule is C=C/C=C(\N=C(/N)Nc1ccc(N2CCN(S(=O)(=O)c3cccc4ccccc34)CC2)cc1)c1ccc(NC(C)=O)cc1. The first-order valence-electron chi connectivity index (χ1n) is 13.9. The molecule has 0 bridgehead atoms. The Morgan fingerprint density at radius 2 is 1.49 bits per heavy atom. The van der Waals surface area contributed by atoms with Crippen LogP contribution in [0.4, 0.5) is 17.1 Å². The van der Waals surface area contributed by atoms with E-state index < -0.39 is 10.0 Å². The van der Waals surface area contributed by atoms with Crippen molar-refractivity contribution in [1.29, 1.82) is 0 Å². The molecule has 1 heterocycles. The summed E-state index contributed by atoms with van der Waals surface area (Å²) in [5.41, 5.74) is 10.1. The minimum atomic E-state index is -3.61. The molecule has 10 heteroatoms. The molecule has 43 heavy (non-hydrogen) atoms. The highest BCUT2D eigenvalue weighted by molar-refractivity contribution is 7.89. The zero-order chi connectivity index (χ0) is 30.4. The molecular formula is C33H34N6O3S. The van der Waals surface area contributed by atoms with Crippen LogP contribution in [0.3, 0.4) is 0 Å². The molecule has 0 spiro atoms. The van der Waals surface area contributed by atoms with Crippen molar-refractivity contribution in [3.63, 3.8) is 0 Å². The topological polar surface area (TPSA) is 120 Å². The summed E-state index contributed by atoms with van der Waals surface area (Å²) in [6.45, 7) is 7.19. The van der Waals surface area contributed by atoms with Crippen molar-refractivity contribution in [3.05, 3.63) is 115 Å². The number of carbonyl (C=O) groups excluding carboxylic acids is 1. The van der Waals surface area contributed by atoms with Gasteiger partial charge in [0.2, 0.25) is 15.9 Å². The Balaban J connectivity index is 1.21. The normalized spacial score (nSPS) is 14.9. The predicted octanol–water partition coefficient (Wildman–Crippen LogP) is 5.26. The molecule has 0 aliphatic carbocycles. The Hall–Kier alpha value is -4.93. The molecule has 1 saturated heterocycles. The molecular weight excluding hydrogens is 560 g/mol. The van der Waals surface area contributed by atoms with E-state index in [1.54, 1.807) is 40.7 Å². The Kier molecular flexibility index (Phi) is 8.89. The van der Waals surface area contributed by atoms with Crippen molar-refractivity contribution < 1.29 is 13.2 Å². The van der Waals surface area contributed by atoms with Crippen LogP contribution in [-0.4, -0.2) is 50.8 Å². The Labute approximate surface area is 252 Å². The van der Waals surface area contributed by atoms with Crippen molar-refractivity contribution in [2.24, 2.45) is 10.7 Å². The lowest BCUT2D eigenvalue weighted by atomic mass is 10.1. The van der Waals surface area contributed by atoms with Gasteiger partial charge >= 0.3 is 0 Å². The largest absolute Gasteiger partial charge is 0.369 e. The van der Waals surface area contributed by atoms with E-state index in [-0.39, 0.29) is 11.9 Å². The standard InChI is InChI=1S/C33H34N6O3S/c1-3-7-31(26-12-14-27(15-13-26)35-24(2)40)37-33(34)36-28-16-18-29(19-17-28)38-20-22-39(23-21-38)43(41,42)32-11-6-9-25-8-4-5-10-30(25)32/h3-19H,1,20-23H2,2H3,(H,35,40)(H3,34,36,37)/b31-7-. The maximum Gasteiger partial charge on any atom is 0.243 e. The van der Waals surface area contributed by atoms with Gasteiger partial charge in [0.05, 0.1) is 10.6 Å². The number of allylic oxidation sites excluding steroid dienone is 2. The first-order valence-corrected chi connectivity index (χ1v) is 15.3. The van der Waals surface area contributed by atoms with E-state index in [4.69, 9.17) is 5.73 Å². The number of sulfonamides is 1. The van der Waals surface area contributed by atoms with E-state index in [2.05, 4.69) is 27.1 Å². The van der Waals surface area contributed by atoms with Crippen molar-refractivity contribution >= 4 is 55.4 Å². The van der Waals surface area contributed by atoms with Crippen LogP contribution in [0.5, 0.6) is 0 Å². The highest BCUT2D eigenvalue weighted by atomic mass is 32.2. The lowest BCUT2D eigenvalue weighted by Crippen LogP contribution is -2.48. The number of aliphatic imine (C=N–C) groups is 1. The van der Waals surface area contributed by atoms with Crippen molar-refractivity contribution in [2.75, 3.05) is 41.7 Å². The number of nitrogens with one attached hydrogen (secondary N) is 2. The number of rotatable bonds is 8. The quantitative estimate of drug-likeness (QED) is 0.145. The highest BCUT2D eigenvalue weighted by Gasteiger charge is 2.29. The van der Waals surface area contributed by atoms with E-state index in [0.29, 0.717) is 42.5 Å². The van der Waals surface area contributed by atoms with Gasteiger partial charge in [0.25, 0.3) is 0 Å². The number of piperazine rings is 1. The number of hydrogen-bond acceptors (Lipinski definition) is 5. The Bertz CT molecular complexity index is 1790. The molecule has 0 unspecified atom stereocenters. The van der Waals surface area contributed by atoms with Crippen LogP contribution in [0.25, 0.3) is 16.5 Å². The molecule has 4 aromatic rings. The highest BCUT2D eigenvalue weighted by Crippen LogP contribution is 2.28. The van der Waals surface area contributed by atoms with Gasteiger partial charge in [0.15, 0.2) is 5.96 Å². The number of fused-ring (bicyclic) bond motifs is 1. The third-order valence-corrected chi connectivity index (χ3v) is 9.09. The summed E-state index contributed by atoms with van der Waals surface area (Å²) in [5.74, 6) is 0.0678. The van der Waals surface area contributed by atoms with Gasteiger partial charge in [-0.1, -0.05) is 61.2 Å². The van der Waals surface area contributed by atoms with Crippen molar-refractivity contribution in [3.8, 4) is 0 Å². The average Bonchev–Trinajstić information content (AvgIpc) is 3.01. The zero-order valence-electron chi connectivity index (χ0n) is 23.9. The van der Waals surface area contributed by atoms with Gasteiger partial charge in [-0.3, -0.25) is 4.79 Å². The fraction of sp³-hybridized carbons (Fsp3) is 0.152. The van der Waals surface area contributed by atoms with Gasteiger partial charge in [-0.05, 0) is 53.9 Å². The molecule has 0 aromatic heterocycles. The van der Waals surface area contributed by atoms with Crippen molar-refractivity contribution in [1.82, 2.24) is 4.31 Å². The molecule has 4 N–H and O–H groups in total. The molecule has 4 aromatic carbocycles. The molecule has 1 amide bonds. The lowest BCUT2D eigenvalue weighted by Gasteiger charge is -2.35. The summed E-state index contributed by atoms with van der Waals surface area (Å²) in [7, 11) is -3.61. The summed E-state index contributed by atoms with van der Waals surface area (Å²) in [6.07, 6.45) is 3.39. The second-order valence-electron chi connectivity index (χ2n) is 10.1. The molecule has 0 saturated carbocycles. The first kappa shape index (κ1) is 29.6. The number of benzene rings is 4. The fourth-order valence-electron chi connectivity index (χ4n) is 5.04. The molecule has 5 rings (SSSR count). The summed E-state index contributed by atoms with van der Waals surface area (Å²) >= 11 is 0. The Morgan fingerprint density at radius 3 is 2.16 bits per heavy atom. The van der Waals surface area contributed by atoms with Gasteiger partial charge in [0.1, 0.15) is 0 Å². The van der Waals surface area contributed by atoms with Crippen LogP contribution in [0, 0.1) is 0 Å². The number of hydrogen-bond donors (Lipinski definition) is 3. The molecule has 1 aliphatic rings. The Morgan fingerprint density at radius 1 is 0.860 bits per heavy atom. The second-order valence-corrected chi connectivity index (χ2v) is 12.0. The molecule has 220 valence electrons. The minimum absolute atomic E-state index is 0.140. The van der Waals surface area contributed by atoms with Crippen LogP contribution >= 0.6 is 0 Å². The number of amides is 1. The van der Waals surface area contributed by atoms with Gasteiger partial charge in [-0.25, -0.2) is 13.4 Å². The van der Waals surface area contributed by atoms with Gasteiger partial charge in [-0.2, -0.15) is 4.31 Å². The number of nitrogens with two attached hydrogens (primary N) is 1. The van der Waals surface area contributed by atoms with E-state index in [1.165, 1.54) is 6.92 Å². The van der Waals surface area contributed by atoms with Crippen molar-refractivity contribution in [2.45, 2.75) is 11.8 Å². The maximum atomic E-state index is 13.5. The number of nitrogens with zero attached hydrogens (tertiary/aromatic N) is 3. The second kappa shape index (κ2) is 12.9. The van der Waals surface area contributed by atoms with E-state index in [0.717, 1.165) is 27.7 Å². The minimum Gasteiger partial charge on any atom is -0.369 e. The smallest absolute Gasteiger partial charge is 0.243 e. The van der Waals surface area contributed by atoms with Crippen LogP contribution in [0.1, 0.15) is 12.5 Å². The van der Waals surface area contributed by atoms with Gasteiger partial charge in [-0.15, -0.1) is 0 Å². The third kappa shape index (κ3) is 6.94. The fourth-order valence-corrected chi connectivity index (χ4v) is 6.68. The lowest BCUT2D eigenvalue weighted by molar-refractivity contribution is -0.114. The summed E-state index contributed by atoms with van der Waals surface area (Å²) in [4.78, 5) is 18.3. The molecule has 1 fully saturated rings. The van der Waals surface area contributed by atoms with Gasteiger partial charge < -0.3 is 21.3 Å². The van der Waals surface area contributed by atoms with E-state index >= 15 is 0 Å². The van der Waals surface area contributed by atoms with Crippen LogP contribution in [-0.2, 0) is 14.8 Å². The monoisotopic (exact) mass is 594 g/mol.